The minimum absolute atomic E-state index is 0.0793. The molecular weight excluding hydrogens is 370 g/mol. The van der Waals surface area contributed by atoms with Gasteiger partial charge in [-0.05, 0) is 50.6 Å². The molecule has 1 heterocycles. The summed E-state index contributed by atoms with van der Waals surface area (Å²) in [5, 5.41) is 9.41. The average Bonchev–Trinajstić information content (AvgIpc) is 3.27. The molecule has 0 bridgehead atoms. The van der Waals surface area contributed by atoms with Crippen molar-refractivity contribution in [2.24, 2.45) is 4.99 Å². The quantitative estimate of drug-likeness (QED) is 0.291. The van der Waals surface area contributed by atoms with Gasteiger partial charge in [-0.3, -0.25) is 9.69 Å². The first-order valence-electron chi connectivity index (χ1n) is 10.3. The highest BCUT2D eigenvalue weighted by Gasteiger charge is 2.23. The van der Waals surface area contributed by atoms with Crippen LogP contribution >= 0.6 is 0 Å². The van der Waals surface area contributed by atoms with Gasteiger partial charge in [-0.15, -0.1) is 0 Å². The fourth-order valence-electron chi connectivity index (χ4n) is 3.37. The maximum Gasteiger partial charge on any atom is 0.241 e. The number of carbonyl (C=O) groups excluding carboxylic acids is 1. The van der Waals surface area contributed by atoms with Gasteiger partial charge < -0.3 is 25.4 Å². The molecule has 1 aromatic carbocycles. The minimum atomic E-state index is -0.120. The maximum absolute atomic E-state index is 11.9. The lowest BCUT2D eigenvalue weighted by Gasteiger charge is -2.29. The predicted octanol–water partition coefficient (Wildman–Crippen LogP) is 1.15. The normalized spacial score (nSPS) is 15.8. The molecule has 1 saturated heterocycles. The molecule has 0 saturated carbocycles. The summed E-state index contributed by atoms with van der Waals surface area (Å²) in [5.74, 6) is 1.38. The molecule has 1 amide bonds. The molecule has 162 valence electrons. The van der Waals surface area contributed by atoms with Crippen LogP contribution in [0.1, 0.15) is 31.4 Å². The van der Waals surface area contributed by atoms with E-state index in [1.54, 1.807) is 14.2 Å². The number of methoxy groups -OCH3 is 2. The van der Waals surface area contributed by atoms with Crippen molar-refractivity contribution >= 4 is 11.9 Å². The van der Waals surface area contributed by atoms with Crippen molar-refractivity contribution < 1.29 is 14.3 Å². The maximum atomic E-state index is 11.9. The third kappa shape index (κ3) is 7.91. The van der Waals surface area contributed by atoms with Gasteiger partial charge in [-0.25, -0.2) is 4.99 Å². The molecule has 29 heavy (non-hydrogen) atoms. The number of carbonyl (C=O) groups is 1. The molecule has 0 aliphatic carbocycles. The summed E-state index contributed by atoms with van der Waals surface area (Å²) in [4.78, 5) is 18.8. The van der Waals surface area contributed by atoms with E-state index in [2.05, 4.69) is 38.0 Å². The second-order valence-electron chi connectivity index (χ2n) is 6.95. The number of guanidine groups is 1. The van der Waals surface area contributed by atoms with E-state index in [-0.39, 0.29) is 18.5 Å². The third-order valence-electron chi connectivity index (χ3n) is 4.90. The number of likely N-dealkylation sites (tertiary alicyclic amines) is 1. The number of amides is 1. The summed E-state index contributed by atoms with van der Waals surface area (Å²) < 4.78 is 10.2. The first kappa shape index (κ1) is 23.0. The highest BCUT2D eigenvalue weighted by Crippen LogP contribution is 2.26. The fraction of sp³-hybridized carbons (Fsp3) is 0.619. The summed E-state index contributed by atoms with van der Waals surface area (Å²) in [5.41, 5.74) is 1.24. The molecule has 0 spiro atoms. The Hall–Kier alpha value is -2.32. The van der Waals surface area contributed by atoms with E-state index in [1.165, 1.54) is 18.4 Å². The second-order valence-corrected chi connectivity index (χ2v) is 6.95. The van der Waals surface area contributed by atoms with Gasteiger partial charge in [0.2, 0.25) is 5.91 Å². The number of nitrogens with zero attached hydrogens (tertiary/aromatic N) is 2. The molecule has 1 fully saturated rings. The van der Waals surface area contributed by atoms with Crippen LogP contribution in [0.2, 0.25) is 0 Å². The Morgan fingerprint density at radius 2 is 1.86 bits per heavy atom. The van der Waals surface area contributed by atoms with Crippen molar-refractivity contribution in [2.45, 2.75) is 25.8 Å². The largest absolute Gasteiger partial charge is 0.497 e. The van der Waals surface area contributed by atoms with Gasteiger partial charge >= 0.3 is 0 Å². The number of hydrogen-bond acceptors (Lipinski definition) is 5. The summed E-state index contributed by atoms with van der Waals surface area (Å²) in [6.45, 7) is 6.70. The molecule has 1 aliphatic rings. The van der Waals surface area contributed by atoms with Crippen molar-refractivity contribution in [3.63, 3.8) is 0 Å². The van der Waals surface area contributed by atoms with Crippen molar-refractivity contribution in [3.8, 4) is 5.75 Å². The average molecular weight is 406 g/mol. The van der Waals surface area contributed by atoms with Gasteiger partial charge in [-0.2, -0.15) is 0 Å². The Morgan fingerprint density at radius 3 is 2.48 bits per heavy atom. The highest BCUT2D eigenvalue weighted by molar-refractivity contribution is 5.84. The van der Waals surface area contributed by atoms with E-state index in [9.17, 15) is 4.79 Å². The highest BCUT2D eigenvalue weighted by atomic mass is 16.5. The molecule has 2 rings (SSSR count). The molecular formula is C21H35N5O3. The number of rotatable bonds is 11. The molecule has 0 aromatic heterocycles. The monoisotopic (exact) mass is 405 g/mol. The summed E-state index contributed by atoms with van der Waals surface area (Å²) in [6.07, 6.45) is 2.45. The Labute approximate surface area is 174 Å². The second kappa shape index (κ2) is 13.0. The Balaban J connectivity index is 1.99. The van der Waals surface area contributed by atoms with Crippen LogP contribution in [0.15, 0.2) is 29.3 Å². The zero-order valence-corrected chi connectivity index (χ0v) is 17.9. The first-order chi connectivity index (χ1) is 14.2. The molecule has 1 aliphatic heterocycles. The van der Waals surface area contributed by atoms with Crippen molar-refractivity contribution in [1.29, 1.82) is 0 Å². The molecule has 1 unspecified atom stereocenters. The van der Waals surface area contributed by atoms with Gasteiger partial charge in [0.15, 0.2) is 5.96 Å². The standard InChI is InChI=1S/C21H35N5O3/c1-4-22-21(25-16-20(27)23-11-14-28-2)24-15-19(26-12-5-6-13-26)17-7-9-18(29-3)10-8-17/h7-10,19H,4-6,11-16H2,1-3H3,(H,23,27)(H2,22,24,25). The zero-order chi connectivity index (χ0) is 20.9. The van der Waals surface area contributed by atoms with Crippen LogP contribution in [0.5, 0.6) is 5.75 Å². The molecule has 8 nitrogen and oxygen atoms in total. The van der Waals surface area contributed by atoms with Gasteiger partial charge in [-0.1, -0.05) is 12.1 Å². The van der Waals surface area contributed by atoms with E-state index in [0.717, 1.165) is 25.4 Å². The molecule has 1 aromatic rings. The fourth-order valence-corrected chi connectivity index (χ4v) is 3.37. The third-order valence-corrected chi connectivity index (χ3v) is 4.90. The van der Waals surface area contributed by atoms with Crippen LogP contribution in [-0.2, 0) is 9.53 Å². The summed E-state index contributed by atoms with van der Waals surface area (Å²) in [6, 6.07) is 8.49. The van der Waals surface area contributed by atoms with Crippen LogP contribution in [0, 0.1) is 0 Å². The predicted molar refractivity (Wildman–Crippen MR) is 115 cm³/mol. The van der Waals surface area contributed by atoms with Crippen LogP contribution in [-0.4, -0.2) is 76.9 Å². The zero-order valence-electron chi connectivity index (χ0n) is 17.9. The number of benzene rings is 1. The van der Waals surface area contributed by atoms with E-state index in [0.29, 0.717) is 25.7 Å². The van der Waals surface area contributed by atoms with Crippen LogP contribution in [0.25, 0.3) is 0 Å². The van der Waals surface area contributed by atoms with Crippen LogP contribution in [0.3, 0.4) is 0 Å². The van der Waals surface area contributed by atoms with Crippen molar-refractivity contribution in [1.82, 2.24) is 20.9 Å². The van der Waals surface area contributed by atoms with Gasteiger partial charge in [0.05, 0.1) is 19.8 Å². The summed E-state index contributed by atoms with van der Waals surface area (Å²) in [7, 11) is 3.29. The first-order valence-corrected chi connectivity index (χ1v) is 10.3. The van der Waals surface area contributed by atoms with Crippen LogP contribution in [0.4, 0.5) is 0 Å². The van der Waals surface area contributed by atoms with E-state index in [4.69, 9.17) is 9.47 Å². The van der Waals surface area contributed by atoms with Crippen molar-refractivity contribution in [3.05, 3.63) is 29.8 Å². The van der Waals surface area contributed by atoms with Gasteiger partial charge in [0.1, 0.15) is 12.3 Å². The number of ether oxygens (including phenoxy) is 2. The molecule has 0 radical (unpaired) electrons. The Kier molecular flexibility index (Phi) is 10.3. The van der Waals surface area contributed by atoms with E-state index >= 15 is 0 Å². The van der Waals surface area contributed by atoms with Gasteiger partial charge in [0.25, 0.3) is 0 Å². The number of hydrogen-bond donors (Lipinski definition) is 3. The smallest absolute Gasteiger partial charge is 0.241 e. The SMILES string of the molecule is CCNC(=NCC(=O)NCCOC)NCC(c1ccc(OC)cc1)N1CCCC1. The Bertz CT molecular complexity index is 630. The lowest BCUT2D eigenvalue weighted by Crippen LogP contribution is -2.43. The topological polar surface area (TPSA) is 87.2 Å². The lowest BCUT2D eigenvalue weighted by atomic mass is 10.1. The minimum Gasteiger partial charge on any atom is -0.497 e. The molecule has 8 heteroatoms. The molecule has 1 atom stereocenters. The van der Waals surface area contributed by atoms with E-state index in [1.807, 2.05) is 19.1 Å². The summed E-state index contributed by atoms with van der Waals surface area (Å²) >= 11 is 0. The van der Waals surface area contributed by atoms with Gasteiger partial charge in [0, 0.05) is 26.7 Å². The van der Waals surface area contributed by atoms with Crippen LogP contribution < -0.4 is 20.7 Å². The lowest BCUT2D eigenvalue weighted by molar-refractivity contribution is -0.119. The molecule has 3 N–H and O–H groups in total. The van der Waals surface area contributed by atoms with E-state index < -0.39 is 0 Å². The number of nitrogens with one attached hydrogen (secondary N) is 3. The number of aliphatic imine (C=N–C) groups is 1. The Morgan fingerprint density at radius 1 is 1.14 bits per heavy atom. The van der Waals surface area contributed by atoms with Crippen molar-refractivity contribution in [2.75, 3.05) is 60.1 Å².